The highest BCUT2D eigenvalue weighted by molar-refractivity contribution is 6.03. The van der Waals surface area contributed by atoms with E-state index in [4.69, 9.17) is 4.98 Å². The number of benzene rings is 1. The van der Waals surface area contributed by atoms with Crippen LogP contribution in [-0.4, -0.2) is 46.9 Å². The van der Waals surface area contributed by atoms with Crippen LogP contribution in [0.5, 0.6) is 0 Å². The number of nitrogens with zero attached hydrogens (tertiary/aromatic N) is 7. The van der Waals surface area contributed by atoms with E-state index in [9.17, 15) is 9.90 Å². The summed E-state index contributed by atoms with van der Waals surface area (Å²) in [6.45, 7) is 6.90. The molecule has 3 aromatic rings. The van der Waals surface area contributed by atoms with Gasteiger partial charge in [0, 0.05) is 49.3 Å². The van der Waals surface area contributed by atoms with Gasteiger partial charge in [0.1, 0.15) is 23.0 Å². The number of nitrogens with one attached hydrogen (secondary N) is 2. The van der Waals surface area contributed by atoms with Crippen molar-refractivity contribution in [3.05, 3.63) is 83.6 Å². The molecular weight excluding hydrogens is 506 g/mol. The number of carbonyl (C=O) groups is 1. The number of hydrogen-bond acceptors (Lipinski definition) is 8. The van der Waals surface area contributed by atoms with Crippen LogP contribution in [0.1, 0.15) is 35.5 Å². The SMILES string of the molecule is Cc1ccc(NC(=O)c2cc(C(C)(C)O)ccn2)cc1-c1cc2cnc(=Nc3cnn(C)c3)nc-2n2c1NCC2. The number of aliphatic hydroxyl groups is 1. The number of amides is 1. The van der Waals surface area contributed by atoms with Crippen molar-refractivity contribution in [2.45, 2.75) is 32.9 Å². The second kappa shape index (κ2) is 9.69. The van der Waals surface area contributed by atoms with Gasteiger partial charge in [-0.05, 0) is 67.8 Å². The molecule has 0 aliphatic carbocycles. The number of anilines is 2. The summed E-state index contributed by atoms with van der Waals surface area (Å²) in [6.07, 6.45) is 6.80. The monoisotopic (exact) mass is 535 g/mol. The molecule has 0 radical (unpaired) electrons. The van der Waals surface area contributed by atoms with Gasteiger partial charge in [0.15, 0.2) is 0 Å². The molecule has 1 aromatic carbocycles. The highest BCUT2D eigenvalue weighted by atomic mass is 16.3. The van der Waals surface area contributed by atoms with Crippen LogP contribution in [0, 0.1) is 6.92 Å². The van der Waals surface area contributed by atoms with Crippen LogP contribution < -0.4 is 16.3 Å². The van der Waals surface area contributed by atoms with Gasteiger partial charge in [0.2, 0.25) is 0 Å². The third-order valence-electron chi connectivity index (χ3n) is 6.90. The van der Waals surface area contributed by atoms with Gasteiger partial charge in [-0.3, -0.25) is 14.5 Å². The average molecular weight is 536 g/mol. The number of aryl methyl sites for hydroxylation is 2. The van der Waals surface area contributed by atoms with Crippen molar-refractivity contribution in [2.75, 3.05) is 17.2 Å². The molecule has 0 spiro atoms. The van der Waals surface area contributed by atoms with Crippen molar-refractivity contribution in [2.24, 2.45) is 12.0 Å². The largest absolute Gasteiger partial charge is 0.386 e. The maximum Gasteiger partial charge on any atom is 0.274 e. The summed E-state index contributed by atoms with van der Waals surface area (Å²) >= 11 is 0. The van der Waals surface area contributed by atoms with Crippen LogP contribution in [0.2, 0.25) is 0 Å². The van der Waals surface area contributed by atoms with Crippen LogP contribution >= 0.6 is 0 Å². The van der Waals surface area contributed by atoms with Crippen LogP contribution in [0.4, 0.5) is 17.2 Å². The molecule has 1 amide bonds. The van der Waals surface area contributed by atoms with E-state index in [2.05, 4.69) is 41.3 Å². The summed E-state index contributed by atoms with van der Waals surface area (Å²) in [5, 5.41) is 20.9. The van der Waals surface area contributed by atoms with Gasteiger partial charge in [0.25, 0.3) is 11.5 Å². The molecule has 202 valence electrons. The van der Waals surface area contributed by atoms with E-state index in [1.807, 2.05) is 38.4 Å². The third kappa shape index (κ3) is 4.82. The number of aromatic nitrogens is 6. The minimum atomic E-state index is -1.08. The van der Waals surface area contributed by atoms with Crippen LogP contribution in [0.3, 0.4) is 0 Å². The zero-order valence-electron chi connectivity index (χ0n) is 22.7. The summed E-state index contributed by atoms with van der Waals surface area (Å²) in [5.74, 6) is 1.39. The smallest absolute Gasteiger partial charge is 0.274 e. The Balaban J connectivity index is 1.37. The van der Waals surface area contributed by atoms with Gasteiger partial charge in [-0.1, -0.05) is 6.07 Å². The molecule has 0 atom stereocenters. The zero-order valence-corrected chi connectivity index (χ0v) is 22.7. The first-order valence-electron chi connectivity index (χ1n) is 12.9. The first-order valence-corrected chi connectivity index (χ1v) is 12.9. The Bertz CT molecular complexity index is 1800. The topological polar surface area (TPSA) is 135 Å². The molecule has 0 saturated heterocycles. The lowest BCUT2D eigenvalue weighted by Crippen LogP contribution is -2.19. The Morgan fingerprint density at radius 3 is 2.75 bits per heavy atom. The van der Waals surface area contributed by atoms with Crippen molar-refractivity contribution in [1.29, 1.82) is 0 Å². The molecule has 5 heterocycles. The molecule has 6 rings (SSSR count). The van der Waals surface area contributed by atoms with E-state index in [0.29, 0.717) is 22.6 Å². The molecule has 3 aliphatic heterocycles. The summed E-state index contributed by atoms with van der Waals surface area (Å²) in [6, 6.07) is 11.2. The van der Waals surface area contributed by atoms with Crippen molar-refractivity contribution in [3.63, 3.8) is 0 Å². The third-order valence-corrected chi connectivity index (χ3v) is 6.90. The predicted octanol–water partition coefficient (Wildman–Crippen LogP) is 3.62. The van der Waals surface area contributed by atoms with Gasteiger partial charge in [-0.15, -0.1) is 0 Å². The van der Waals surface area contributed by atoms with Crippen molar-refractivity contribution in [3.8, 4) is 22.5 Å². The lowest BCUT2D eigenvalue weighted by molar-refractivity contribution is 0.0783. The second-order valence-corrected chi connectivity index (χ2v) is 10.4. The van der Waals surface area contributed by atoms with Crippen molar-refractivity contribution in [1.82, 2.24) is 29.3 Å². The highest BCUT2D eigenvalue weighted by Crippen LogP contribution is 2.39. The predicted molar refractivity (Wildman–Crippen MR) is 151 cm³/mol. The molecule has 0 unspecified atom stereocenters. The lowest BCUT2D eigenvalue weighted by Gasteiger charge is -2.19. The standard InChI is InChI=1S/C29H29N9O2/c1-17-5-6-20(34-27(39)24-12-19(7-8-30-24)29(2,3)40)13-22(17)23-11-18-14-32-28(35-21-15-33-37(4)16-21)36-25(18)38-10-9-31-26(23)38/h5-8,11-16,31,40H,9-10H2,1-4H3,(H,34,39). The molecule has 0 saturated carbocycles. The number of rotatable bonds is 5. The number of hydrogen-bond donors (Lipinski definition) is 3. The average Bonchev–Trinajstić information content (AvgIpc) is 3.58. The number of carbonyl (C=O) groups excluding carboxylic acids is 1. The summed E-state index contributed by atoms with van der Waals surface area (Å²) < 4.78 is 3.83. The van der Waals surface area contributed by atoms with Crippen LogP contribution in [-0.2, 0) is 19.2 Å². The highest BCUT2D eigenvalue weighted by Gasteiger charge is 2.24. The summed E-state index contributed by atoms with van der Waals surface area (Å²) in [5.41, 5.74) is 5.37. The van der Waals surface area contributed by atoms with E-state index in [0.717, 1.165) is 47.0 Å². The Kier molecular flexibility index (Phi) is 6.15. The lowest BCUT2D eigenvalue weighted by atomic mass is 9.98. The van der Waals surface area contributed by atoms with Crippen molar-refractivity contribution >= 4 is 23.1 Å². The normalized spacial score (nSPS) is 13.4. The first kappa shape index (κ1) is 25.4. The van der Waals surface area contributed by atoms with Gasteiger partial charge in [0.05, 0.1) is 18.0 Å². The van der Waals surface area contributed by atoms with E-state index in [-0.39, 0.29) is 11.6 Å². The fraction of sp³-hybridized carbons (Fsp3) is 0.241. The van der Waals surface area contributed by atoms with E-state index < -0.39 is 5.60 Å². The summed E-state index contributed by atoms with van der Waals surface area (Å²) in [4.78, 5) is 31.0. The van der Waals surface area contributed by atoms with Gasteiger partial charge >= 0.3 is 0 Å². The molecule has 11 nitrogen and oxygen atoms in total. The molecular formula is C29H29N9O2. The molecule has 0 fully saturated rings. The maximum absolute atomic E-state index is 13.0. The fourth-order valence-electron chi connectivity index (χ4n) is 4.82. The molecule has 3 N–H and O–H groups in total. The number of fused-ring (bicyclic) bond motifs is 3. The molecule has 3 aliphatic rings. The zero-order chi connectivity index (χ0) is 28.0. The van der Waals surface area contributed by atoms with Gasteiger partial charge in [-0.25, -0.2) is 9.98 Å². The summed E-state index contributed by atoms with van der Waals surface area (Å²) in [7, 11) is 1.84. The van der Waals surface area contributed by atoms with E-state index in [1.165, 1.54) is 6.20 Å². The fourth-order valence-corrected chi connectivity index (χ4v) is 4.82. The minimum absolute atomic E-state index is 0.232. The van der Waals surface area contributed by atoms with Crippen molar-refractivity contribution < 1.29 is 9.90 Å². The van der Waals surface area contributed by atoms with Gasteiger partial charge < -0.3 is 20.3 Å². The molecule has 11 heteroatoms. The first-order chi connectivity index (χ1) is 19.2. The second-order valence-electron chi connectivity index (χ2n) is 10.4. The molecule has 2 aromatic heterocycles. The quantitative estimate of drug-likeness (QED) is 0.313. The molecule has 40 heavy (non-hydrogen) atoms. The maximum atomic E-state index is 13.0. The Labute approximate surface area is 230 Å². The Morgan fingerprint density at radius 2 is 1.98 bits per heavy atom. The Hall–Kier alpha value is -4.90. The van der Waals surface area contributed by atoms with E-state index in [1.54, 1.807) is 43.1 Å². The van der Waals surface area contributed by atoms with Crippen LogP contribution in [0.25, 0.3) is 22.5 Å². The van der Waals surface area contributed by atoms with Gasteiger partial charge in [-0.2, -0.15) is 10.1 Å². The van der Waals surface area contributed by atoms with E-state index >= 15 is 0 Å². The minimum Gasteiger partial charge on any atom is -0.386 e. The van der Waals surface area contributed by atoms with Crippen LogP contribution in [0.15, 0.2) is 66.2 Å². The number of pyridine rings is 2. The Morgan fingerprint density at radius 1 is 1.12 bits per heavy atom. The molecule has 0 bridgehead atoms.